The molecule has 2 atom stereocenters. The van der Waals surface area contributed by atoms with Gasteiger partial charge in [-0.1, -0.05) is 0 Å². The predicted molar refractivity (Wildman–Crippen MR) is 32.2 cm³/mol. The molecule has 0 amide bonds. The van der Waals surface area contributed by atoms with E-state index in [2.05, 4.69) is 11.4 Å². The maximum atomic E-state index is 5.62. The van der Waals surface area contributed by atoms with Crippen molar-refractivity contribution < 1.29 is 0 Å². The summed E-state index contributed by atoms with van der Waals surface area (Å²) in [6, 6.07) is 1.14. The number of rotatable bonds is 0. The van der Waals surface area contributed by atoms with Crippen molar-refractivity contribution in [3.63, 3.8) is 0 Å². The number of fused-ring (bicyclic) bond motifs is 2. The van der Waals surface area contributed by atoms with Gasteiger partial charge < -0.3 is 11.1 Å². The Morgan fingerprint density at radius 1 is 1.62 bits per heavy atom. The predicted octanol–water partition coefficient (Wildman–Crippen LogP) is -0.0368. The maximum absolute atomic E-state index is 5.62. The second kappa shape index (κ2) is 1.26. The quantitative estimate of drug-likeness (QED) is 0.459. The van der Waals surface area contributed by atoms with Gasteiger partial charge in [0.05, 0.1) is 0 Å². The Kier molecular flexibility index (Phi) is 0.690. The molecule has 1 saturated heterocycles. The molecule has 2 nitrogen and oxygen atoms in total. The van der Waals surface area contributed by atoms with Gasteiger partial charge in [-0.15, -0.1) is 0 Å². The van der Waals surface area contributed by atoms with E-state index in [0.717, 1.165) is 5.70 Å². The van der Waals surface area contributed by atoms with Crippen molar-refractivity contribution in [3.05, 3.63) is 11.8 Å². The van der Waals surface area contributed by atoms with E-state index in [9.17, 15) is 0 Å². The Morgan fingerprint density at radius 2 is 2.50 bits per heavy atom. The minimum atomic E-state index is 0.528. The highest BCUT2D eigenvalue weighted by molar-refractivity contribution is 5.22. The normalized spacial score (nSPS) is 42.8. The van der Waals surface area contributed by atoms with Gasteiger partial charge in [-0.25, -0.2) is 0 Å². The van der Waals surface area contributed by atoms with Crippen LogP contribution in [0.4, 0.5) is 0 Å². The lowest BCUT2D eigenvalue weighted by atomic mass is 10.1. The average Bonchev–Trinajstić information content (AvgIpc) is 2.23. The topological polar surface area (TPSA) is 38.0 Å². The molecule has 2 heteroatoms. The zero-order chi connectivity index (χ0) is 5.56. The second-order valence-corrected chi connectivity index (χ2v) is 2.57. The van der Waals surface area contributed by atoms with Gasteiger partial charge in [0, 0.05) is 17.8 Å². The van der Waals surface area contributed by atoms with Crippen LogP contribution in [-0.4, -0.2) is 12.1 Å². The summed E-state index contributed by atoms with van der Waals surface area (Å²) >= 11 is 0. The monoisotopic (exact) mass is 110 g/mol. The zero-order valence-electron chi connectivity index (χ0n) is 4.72. The fourth-order valence-electron chi connectivity index (χ4n) is 1.51. The molecule has 2 aliphatic heterocycles. The number of hydrogen-bond acceptors (Lipinski definition) is 2. The molecule has 2 bridgehead atoms. The summed E-state index contributed by atoms with van der Waals surface area (Å²) in [7, 11) is 0. The highest BCUT2D eigenvalue weighted by atomic mass is 15.0. The SMILES string of the molecule is NC1=CC2CCC1N2. The van der Waals surface area contributed by atoms with Crippen LogP contribution in [0.25, 0.3) is 0 Å². The van der Waals surface area contributed by atoms with E-state index < -0.39 is 0 Å². The maximum Gasteiger partial charge on any atom is 0.0470 e. The van der Waals surface area contributed by atoms with E-state index in [1.54, 1.807) is 0 Å². The molecular weight excluding hydrogens is 100 g/mol. The fourth-order valence-corrected chi connectivity index (χ4v) is 1.51. The van der Waals surface area contributed by atoms with Gasteiger partial charge in [-0.05, 0) is 18.9 Å². The van der Waals surface area contributed by atoms with Crippen molar-refractivity contribution >= 4 is 0 Å². The molecule has 0 saturated carbocycles. The van der Waals surface area contributed by atoms with Crippen LogP contribution in [0.2, 0.25) is 0 Å². The average molecular weight is 110 g/mol. The Labute approximate surface area is 48.8 Å². The number of nitrogens with one attached hydrogen (secondary N) is 1. The summed E-state index contributed by atoms with van der Waals surface area (Å²) in [5.74, 6) is 0. The van der Waals surface area contributed by atoms with Gasteiger partial charge >= 0.3 is 0 Å². The number of nitrogens with two attached hydrogens (primary N) is 1. The highest BCUT2D eigenvalue weighted by Crippen LogP contribution is 2.23. The van der Waals surface area contributed by atoms with Gasteiger partial charge in [0.25, 0.3) is 0 Å². The first-order valence-electron chi connectivity index (χ1n) is 3.09. The lowest BCUT2D eigenvalue weighted by Crippen LogP contribution is -2.24. The van der Waals surface area contributed by atoms with E-state index >= 15 is 0 Å². The Morgan fingerprint density at radius 3 is 2.75 bits per heavy atom. The van der Waals surface area contributed by atoms with Gasteiger partial charge in [0.1, 0.15) is 0 Å². The van der Waals surface area contributed by atoms with Gasteiger partial charge in [0.2, 0.25) is 0 Å². The first-order chi connectivity index (χ1) is 3.86. The molecule has 3 N–H and O–H groups in total. The van der Waals surface area contributed by atoms with E-state index in [1.807, 2.05) is 0 Å². The third kappa shape index (κ3) is 0.409. The molecule has 1 fully saturated rings. The van der Waals surface area contributed by atoms with Crippen LogP contribution in [0.5, 0.6) is 0 Å². The van der Waals surface area contributed by atoms with Crippen molar-refractivity contribution in [2.24, 2.45) is 5.73 Å². The van der Waals surface area contributed by atoms with Crippen LogP contribution in [0, 0.1) is 0 Å². The summed E-state index contributed by atoms with van der Waals surface area (Å²) in [6.07, 6.45) is 4.66. The van der Waals surface area contributed by atoms with Crippen molar-refractivity contribution in [2.75, 3.05) is 0 Å². The molecule has 44 valence electrons. The first kappa shape index (κ1) is 4.39. The van der Waals surface area contributed by atoms with Crippen LogP contribution in [0.15, 0.2) is 11.8 Å². The Balaban J connectivity index is 2.29. The molecule has 0 aromatic rings. The van der Waals surface area contributed by atoms with E-state index in [1.165, 1.54) is 12.8 Å². The minimum Gasteiger partial charge on any atom is -0.401 e. The van der Waals surface area contributed by atoms with E-state index in [4.69, 9.17) is 5.73 Å². The summed E-state index contributed by atoms with van der Waals surface area (Å²) in [5, 5.41) is 3.36. The third-order valence-corrected chi connectivity index (χ3v) is 1.98. The molecule has 0 aromatic carbocycles. The Hall–Kier alpha value is -0.500. The van der Waals surface area contributed by atoms with Crippen LogP contribution >= 0.6 is 0 Å². The molecule has 2 rings (SSSR count). The largest absolute Gasteiger partial charge is 0.401 e. The summed E-state index contributed by atoms with van der Waals surface area (Å²) in [5.41, 5.74) is 6.68. The Bertz CT molecular complexity index is 139. The van der Waals surface area contributed by atoms with Crippen molar-refractivity contribution in [1.82, 2.24) is 5.32 Å². The van der Waals surface area contributed by atoms with Crippen LogP contribution in [-0.2, 0) is 0 Å². The molecular formula is C6H10N2. The molecule has 0 aromatic heterocycles. The van der Waals surface area contributed by atoms with E-state index in [-0.39, 0.29) is 0 Å². The lowest BCUT2D eigenvalue weighted by Gasteiger charge is -2.04. The molecule has 0 radical (unpaired) electrons. The van der Waals surface area contributed by atoms with Crippen LogP contribution in [0.3, 0.4) is 0 Å². The molecule has 0 spiro atoms. The van der Waals surface area contributed by atoms with E-state index in [0.29, 0.717) is 12.1 Å². The van der Waals surface area contributed by atoms with Crippen LogP contribution in [0.1, 0.15) is 12.8 Å². The highest BCUT2D eigenvalue weighted by Gasteiger charge is 2.29. The van der Waals surface area contributed by atoms with Gasteiger partial charge in [0.15, 0.2) is 0 Å². The molecule has 2 heterocycles. The summed E-state index contributed by atoms with van der Waals surface area (Å²) in [4.78, 5) is 0. The van der Waals surface area contributed by atoms with Gasteiger partial charge in [-0.2, -0.15) is 0 Å². The van der Waals surface area contributed by atoms with Crippen molar-refractivity contribution in [2.45, 2.75) is 24.9 Å². The standard InChI is InChI=1S/C6H10N2/c7-5-3-4-1-2-6(5)8-4/h3-4,6,8H,1-2,7H2. The zero-order valence-corrected chi connectivity index (χ0v) is 4.72. The summed E-state index contributed by atoms with van der Waals surface area (Å²) in [6.45, 7) is 0. The molecule has 8 heavy (non-hydrogen) atoms. The first-order valence-corrected chi connectivity index (χ1v) is 3.09. The molecule has 2 unspecified atom stereocenters. The van der Waals surface area contributed by atoms with Crippen molar-refractivity contribution in [3.8, 4) is 0 Å². The third-order valence-electron chi connectivity index (χ3n) is 1.98. The smallest absolute Gasteiger partial charge is 0.0470 e. The lowest BCUT2D eigenvalue weighted by molar-refractivity contribution is 0.694. The molecule has 2 aliphatic rings. The number of hydrogen-bond donors (Lipinski definition) is 2. The molecule has 0 aliphatic carbocycles. The fraction of sp³-hybridized carbons (Fsp3) is 0.667. The minimum absolute atomic E-state index is 0.528. The van der Waals surface area contributed by atoms with Gasteiger partial charge in [-0.3, -0.25) is 0 Å². The second-order valence-electron chi connectivity index (χ2n) is 2.57. The summed E-state index contributed by atoms with van der Waals surface area (Å²) < 4.78 is 0. The van der Waals surface area contributed by atoms with Crippen molar-refractivity contribution in [1.29, 1.82) is 0 Å². The van der Waals surface area contributed by atoms with Crippen LogP contribution < -0.4 is 11.1 Å².